The number of hydrogen-bond acceptors (Lipinski definition) is 5. The number of carbonyl (C=O) groups is 1. The molecule has 0 spiro atoms. The fourth-order valence-corrected chi connectivity index (χ4v) is 3.99. The predicted molar refractivity (Wildman–Crippen MR) is 90.6 cm³/mol. The van der Waals surface area contributed by atoms with Crippen molar-refractivity contribution in [1.29, 1.82) is 0 Å². The highest BCUT2D eigenvalue weighted by molar-refractivity contribution is 8.01. The summed E-state index contributed by atoms with van der Waals surface area (Å²) in [5, 5.41) is 3.56. The average Bonchev–Trinajstić information content (AvgIpc) is 3.13. The van der Waals surface area contributed by atoms with Crippen LogP contribution in [0.1, 0.15) is 18.7 Å². The molecule has 0 fully saturated rings. The van der Waals surface area contributed by atoms with Crippen LogP contribution in [-0.4, -0.2) is 16.6 Å². The van der Waals surface area contributed by atoms with Gasteiger partial charge in [-0.2, -0.15) is 0 Å². The highest BCUT2D eigenvalue weighted by atomic mass is 35.5. The van der Waals surface area contributed by atoms with E-state index in [1.165, 1.54) is 11.8 Å². The average molecular weight is 353 g/mol. The molecular formula is C15H13ClN2O2S2. The van der Waals surface area contributed by atoms with E-state index in [0.29, 0.717) is 10.8 Å². The Balaban J connectivity index is 1.58. The lowest BCUT2D eigenvalue weighted by molar-refractivity contribution is -0.119. The Labute approximate surface area is 140 Å². The number of rotatable bonds is 5. The van der Waals surface area contributed by atoms with Gasteiger partial charge in [-0.15, -0.1) is 11.3 Å². The van der Waals surface area contributed by atoms with Crippen LogP contribution in [0.15, 0.2) is 45.4 Å². The normalized spacial score (nSPS) is 12.5. The van der Waals surface area contributed by atoms with Gasteiger partial charge in [0.15, 0.2) is 4.34 Å². The van der Waals surface area contributed by atoms with Crippen molar-refractivity contribution in [2.75, 3.05) is 5.75 Å². The molecule has 0 saturated heterocycles. The second-order valence-electron chi connectivity index (χ2n) is 4.69. The van der Waals surface area contributed by atoms with Crippen LogP contribution in [0.5, 0.6) is 0 Å². The van der Waals surface area contributed by atoms with E-state index in [0.717, 1.165) is 20.3 Å². The molecule has 3 rings (SSSR count). The first-order chi connectivity index (χ1) is 10.6. The van der Waals surface area contributed by atoms with Crippen LogP contribution in [0.3, 0.4) is 0 Å². The zero-order valence-electron chi connectivity index (χ0n) is 11.7. The number of halogens is 1. The first-order valence-electron chi connectivity index (χ1n) is 6.63. The van der Waals surface area contributed by atoms with Gasteiger partial charge in [0.05, 0.1) is 28.3 Å². The van der Waals surface area contributed by atoms with Crippen LogP contribution < -0.4 is 5.32 Å². The van der Waals surface area contributed by atoms with E-state index < -0.39 is 0 Å². The Morgan fingerprint density at radius 3 is 3.14 bits per heavy atom. The number of thioether (sulfide) groups is 1. The van der Waals surface area contributed by atoms with E-state index in [4.69, 9.17) is 16.0 Å². The van der Waals surface area contributed by atoms with Gasteiger partial charge < -0.3 is 9.73 Å². The number of aromatic nitrogens is 1. The summed E-state index contributed by atoms with van der Waals surface area (Å²) < 4.78 is 7.19. The Bertz CT molecular complexity index is 786. The van der Waals surface area contributed by atoms with Crippen molar-refractivity contribution >= 4 is 50.8 Å². The molecule has 3 aromatic rings. The van der Waals surface area contributed by atoms with Crippen molar-refractivity contribution in [3.8, 4) is 0 Å². The summed E-state index contributed by atoms with van der Waals surface area (Å²) in [4.78, 5) is 16.4. The van der Waals surface area contributed by atoms with Gasteiger partial charge in [-0.05, 0) is 37.3 Å². The van der Waals surface area contributed by atoms with Crippen molar-refractivity contribution in [1.82, 2.24) is 10.3 Å². The SMILES string of the molecule is C[C@@H](NC(=O)CSc1nc2cc(Cl)ccc2s1)c1ccco1. The zero-order chi connectivity index (χ0) is 15.5. The third-order valence-electron chi connectivity index (χ3n) is 3.00. The number of carbonyl (C=O) groups excluding carboxylic acids is 1. The van der Waals surface area contributed by atoms with Crippen molar-refractivity contribution < 1.29 is 9.21 Å². The number of hydrogen-bond donors (Lipinski definition) is 1. The molecule has 0 bridgehead atoms. The molecule has 1 aromatic carbocycles. The molecule has 1 amide bonds. The lowest BCUT2D eigenvalue weighted by Crippen LogP contribution is -2.27. The number of nitrogens with one attached hydrogen (secondary N) is 1. The number of nitrogens with zero attached hydrogens (tertiary/aromatic N) is 1. The van der Waals surface area contributed by atoms with E-state index >= 15 is 0 Å². The summed E-state index contributed by atoms with van der Waals surface area (Å²) in [7, 11) is 0. The highest BCUT2D eigenvalue weighted by Crippen LogP contribution is 2.30. The molecule has 0 aliphatic rings. The quantitative estimate of drug-likeness (QED) is 0.686. The predicted octanol–water partition coefficient (Wildman–Crippen LogP) is 4.51. The minimum atomic E-state index is -0.141. The van der Waals surface area contributed by atoms with Crippen molar-refractivity contribution in [2.45, 2.75) is 17.3 Å². The van der Waals surface area contributed by atoms with Crippen LogP contribution in [-0.2, 0) is 4.79 Å². The molecule has 2 heterocycles. The highest BCUT2D eigenvalue weighted by Gasteiger charge is 2.13. The van der Waals surface area contributed by atoms with E-state index in [-0.39, 0.29) is 11.9 Å². The molecule has 0 aliphatic carbocycles. The van der Waals surface area contributed by atoms with Gasteiger partial charge in [0.25, 0.3) is 0 Å². The Morgan fingerprint density at radius 1 is 1.50 bits per heavy atom. The summed E-state index contributed by atoms with van der Waals surface area (Å²) in [5.74, 6) is 1.01. The number of benzene rings is 1. The van der Waals surface area contributed by atoms with Crippen molar-refractivity contribution in [3.05, 3.63) is 47.4 Å². The van der Waals surface area contributed by atoms with E-state index in [9.17, 15) is 4.79 Å². The fourth-order valence-electron chi connectivity index (χ4n) is 1.96. The monoisotopic (exact) mass is 352 g/mol. The van der Waals surface area contributed by atoms with Gasteiger partial charge in [-0.3, -0.25) is 4.79 Å². The van der Waals surface area contributed by atoms with Crippen molar-refractivity contribution in [2.24, 2.45) is 0 Å². The lowest BCUT2D eigenvalue weighted by atomic mass is 10.2. The summed E-state index contributed by atoms with van der Waals surface area (Å²) in [6.45, 7) is 1.89. The maximum atomic E-state index is 12.0. The molecule has 0 radical (unpaired) electrons. The minimum Gasteiger partial charge on any atom is -0.467 e. The van der Waals surface area contributed by atoms with Gasteiger partial charge in [0, 0.05) is 5.02 Å². The largest absolute Gasteiger partial charge is 0.467 e. The second kappa shape index (κ2) is 6.73. The van der Waals surface area contributed by atoms with Crippen LogP contribution in [0.2, 0.25) is 5.02 Å². The third kappa shape index (κ3) is 3.63. The Kier molecular flexibility index (Phi) is 4.71. The molecule has 2 aromatic heterocycles. The van der Waals surface area contributed by atoms with Crippen LogP contribution >= 0.6 is 34.7 Å². The number of thiazole rings is 1. The van der Waals surface area contributed by atoms with Gasteiger partial charge in [-0.1, -0.05) is 23.4 Å². The number of amides is 1. The first-order valence-corrected chi connectivity index (χ1v) is 8.81. The maximum Gasteiger partial charge on any atom is 0.231 e. The first kappa shape index (κ1) is 15.4. The molecule has 22 heavy (non-hydrogen) atoms. The summed E-state index contributed by atoms with van der Waals surface area (Å²) in [5.41, 5.74) is 0.865. The molecule has 1 atom stereocenters. The Morgan fingerprint density at radius 2 is 2.36 bits per heavy atom. The molecule has 4 nitrogen and oxygen atoms in total. The fraction of sp³-hybridized carbons (Fsp3) is 0.200. The number of fused-ring (bicyclic) bond motifs is 1. The Hall–Kier alpha value is -1.50. The van der Waals surface area contributed by atoms with Crippen LogP contribution in [0, 0.1) is 0 Å². The summed E-state index contributed by atoms with van der Waals surface area (Å²) in [6, 6.07) is 9.12. The summed E-state index contributed by atoms with van der Waals surface area (Å²) in [6.07, 6.45) is 1.60. The third-order valence-corrected chi connectivity index (χ3v) is 5.42. The smallest absolute Gasteiger partial charge is 0.231 e. The van der Waals surface area contributed by atoms with Crippen molar-refractivity contribution in [3.63, 3.8) is 0 Å². The van der Waals surface area contributed by atoms with Gasteiger partial charge in [0.1, 0.15) is 5.76 Å². The molecule has 114 valence electrons. The van der Waals surface area contributed by atoms with Gasteiger partial charge in [0.2, 0.25) is 5.91 Å². The van der Waals surface area contributed by atoms with Crippen LogP contribution in [0.4, 0.5) is 0 Å². The molecule has 0 saturated carbocycles. The maximum absolute atomic E-state index is 12.0. The molecule has 7 heteroatoms. The zero-order valence-corrected chi connectivity index (χ0v) is 14.1. The standard InChI is InChI=1S/C15H13ClN2O2S2/c1-9(12-3-2-6-20-12)17-14(19)8-21-15-18-11-7-10(16)4-5-13(11)22-15/h2-7,9H,8H2,1H3,(H,17,19)/t9-/m1/s1. The van der Waals surface area contributed by atoms with Gasteiger partial charge >= 0.3 is 0 Å². The molecule has 0 aliphatic heterocycles. The molecule has 1 N–H and O–H groups in total. The number of furan rings is 1. The van der Waals surface area contributed by atoms with E-state index in [1.807, 2.05) is 31.2 Å². The molecule has 0 unspecified atom stereocenters. The van der Waals surface area contributed by atoms with E-state index in [1.54, 1.807) is 23.7 Å². The topological polar surface area (TPSA) is 55.1 Å². The molecular weight excluding hydrogens is 340 g/mol. The second-order valence-corrected chi connectivity index (χ2v) is 7.37. The minimum absolute atomic E-state index is 0.0498. The van der Waals surface area contributed by atoms with Gasteiger partial charge in [-0.25, -0.2) is 4.98 Å². The lowest BCUT2D eigenvalue weighted by Gasteiger charge is -2.10. The summed E-state index contributed by atoms with van der Waals surface area (Å²) >= 11 is 8.93. The van der Waals surface area contributed by atoms with E-state index in [2.05, 4.69) is 10.3 Å². The van der Waals surface area contributed by atoms with Crippen LogP contribution in [0.25, 0.3) is 10.2 Å².